The maximum atomic E-state index is 13.5. The number of benzene rings is 3. The van der Waals surface area contributed by atoms with E-state index in [4.69, 9.17) is 0 Å². The zero-order valence-electron chi connectivity index (χ0n) is 20.1. The van der Waals surface area contributed by atoms with E-state index < -0.39 is 29.3 Å². The zero-order valence-corrected chi connectivity index (χ0v) is 21.7. The Hall–Kier alpha value is -3.89. The highest BCUT2D eigenvalue weighted by atomic mass is 32.2. The number of hydrogen-bond acceptors (Lipinski definition) is 7. The summed E-state index contributed by atoms with van der Waals surface area (Å²) in [7, 11) is 0. The molecule has 1 amide bonds. The first-order chi connectivity index (χ1) is 18.4. The van der Waals surface area contributed by atoms with Gasteiger partial charge >= 0.3 is 5.91 Å². The number of aliphatic hydroxyl groups is 1. The molecule has 1 aromatic heterocycles. The Morgan fingerprint density at radius 3 is 2.16 bits per heavy atom. The van der Waals surface area contributed by atoms with Crippen molar-refractivity contribution in [3.8, 4) is 0 Å². The number of aromatic nitrogens is 2. The molecule has 2 heterocycles. The van der Waals surface area contributed by atoms with Crippen LogP contribution in [0.5, 0.6) is 0 Å². The van der Waals surface area contributed by atoms with E-state index in [1.165, 1.54) is 53.1 Å². The van der Waals surface area contributed by atoms with Crippen LogP contribution in [0.25, 0.3) is 5.76 Å². The first kappa shape index (κ1) is 25.7. The minimum Gasteiger partial charge on any atom is -0.507 e. The molecule has 1 aliphatic heterocycles. The van der Waals surface area contributed by atoms with E-state index >= 15 is 0 Å². The molecule has 0 radical (unpaired) electrons. The summed E-state index contributed by atoms with van der Waals surface area (Å²) in [5, 5.41) is 19.7. The molecule has 1 aliphatic rings. The van der Waals surface area contributed by atoms with E-state index in [1.54, 1.807) is 12.1 Å². The average molecular weight is 550 g/mol. The number of ketones is 1. The summed E-state index contributed by atoms with van der Waals surface area (Å²) in [4.78, 5) is 27.8. The van der Waals surface area contributed by atoms with Gasteiger partial charge in [-0.25, -0.2) is 8.78 Å². The van der Waals surface area contributed by atoms with Crippen LogP contribution in [0.3, 0.4) is 0 Å². The number of rotatable bonds is 7. The molecule has 192 valence electrons. The molecular weight excluding hydrogens is 528 g/mol. The van der Waals surface area contributed by atoms with Crippen LogP contribution in [0, 0.1) is 11.6 Å². The van der Waals surface area contributed by atoms with Gasteiger partial charge in [0.15, 0.2) is 4.34 Å². The fraction of sp³-hybridized carbons (Fsp3) is 0.143. The number of nitrogens with zero attached hydrogens (tertiary/aromatic N) is 3. The van der Waals surface area contributed by atoms with E-state index in [0.717, 1.165) is 28.9 Å². The lowest BCUT2D eigenvalue weighted by molar-refractivity contribution is -0.132. The van der Waals surface area contributed by atoms with Gasteiger partial charge in [-0.05, 0) is 59.5 Å². The highest BCUT2D eigenvalue weighted by molar-refractivity contribution is 8.00. The highest BCUT2D eigenvalue weighted by Gasteiger charge is 2.48. The molecule has 10 heteroatoms. The molecule has 0 saturated carbocycles. The minimum atomic E-state index is -0.950. The van der Waals surface area contributed by atoms with Gasteiger partial charge in [-0.1, -0.05) is 66.4 Å². The first-order valence-electron chi connectivity index (χ1n) is 11.7. The van der Waals surface area contributed by atoms with Crippen molar-refractivity contribution >= 4 is 45.7 Å². The van der Waals surface area contributed by atoms with E-state index in [-0.39, 0.29) is 22.1 Å². The molecule has 38 heavy (non-hydrogen) atoms. The quantitative estimate of drug-likeness (QED) is 0.0958. The second-order valence-electron chi connectivity index (χ2n) is 8.54. The predicted octanol–water partition coefficient (Wildman–Crippen LogP) is 6.30. The molecule has 0 bridgehead atoms. The van der Waals surface area contributed by atoms with Crippen molar-refractivity contribution in [2.75, 3.05) is 4.90 Å². The van der Waals surface area contributed by atoms with Gasteiger partial charge in [0, 0.05) is 11.3 Å². The molecule has 1 N–H and O–H groups in total. The van der Waals surface area contributed by atoms with Crippen LogP contribution in [0.15, 0.2) is 82.7 Å². The van der Waals surface area contributed by atoms with Crippen molar-refractivity contribution in [1.29, 1.82) is 0 Å². The van der Waals surface area contributed by atoms with Crippen LogP contribution < -0.4 is 4.90 Å². The van der Waals surface area contributed by atoms with Gasteiger partial charge in [0.2, 0.25) is 5.13 Å². The third kappa shape index (κ3) is 5.09. The van der Waals surface area contributed by atoms with E-state index in [0.29, 0.717) is 15.7 Å². The predicted molar refractivity (Wildman–Crippen MR) is 143 cm³/mol. The van der Waals surface area contributed by atoms with Gasteiger partial charge in [0.05, 0.1) is 11.6 Å². The molecule has 1 atom stereocenters. The van der Waals surface area contributed by atoms with Crippen molar-refractivity contribution < 1.29 is 23.5 Å². The Bertz CT molecular complexity index is 1520. The fourth-order valence-corrected chi connectivity index (χ4v) is 5.95. The summed E-state index contributed by atoms with van der Waals surface area (Å²) >= 11 is 2.51. The number of halogens is 2. The second kappa shape index (κ2) is 10.8. The van der Waals surface area contributed by atoms with Gasteiger partial charge in [-0.2, -0.15) is 0 Å². The number of aryl methyl sites for hydroxylation is 1. The molecule has 3 aromatic carbocycles. The smallest absolute Gasteiger partial charge is 0.301 e. The number of carbonyl (C=O) groups excluding carboxylic acids is 2. The zero-order chi connectivity index (χ0) is 26.8. The lowest BCUT2D eigenvalue weighted by atomic mass is 9.94. The SMILES string of the molecule is CCc1ccc(C2/C(=C(/O)c3ccc(F)cc3)C(=O)C(=O)N2c2nnc(SCc3ccc(F)cc3)s2)cc1. The Morgan fingerprint density at radius 1 is 0.921 bits per heavy atom. The van der Waals surface area contributed by atoms with Crippen LogP contribution in [0.4, 0.5) is 13.9 Å². The minimum absolute atomic E-state index is 0.110. The maximum absolute atomic E-state index is 13.5. The normalized spacial score (nSPS) is 16.8. The largest absolute Gasteiger partial charge is 0.507 e. The van der Waals surface area contributed by atoms with Crippen molar-refractivity contribution in [2.24, 2.45) is 0 Å². The molecule has 1 saturated heterocycles. The Morgan fingerprint density at radius 2 is 1.53 bits per heavy atom. The topological polar surface area (TPSA) is 83.4 Å². The third-order valence-electron chi connectivity index (χ3n) is 6.14. The van der Waals surface area contributed by atoms with Crippen LogP contribution >= 0.6 is 23.1 Å². The Balaban J connectivity index is 1.53. The number of anilines is 1. The van der Waals surface area contributed by atoms with Crippen molar-refractivity contribution in [3.63, 3.8) is 0 Å². The van der Waals surface area contributed by atoms with Gasteiger partial charge in [0.25, 0.3) is 5.78 Å². The van der Waals surface area contributed by atoms with Crippen LogP contribution in [-0.2, 0) is 21.8 Å². The van der Waals surface area contributed by atoms with E-state index in [2.05, 4.69) is 10.2 Å². The van der Waals surface area contributed by atoms with Crippen LogP contribution in [-0.4, -0.2) is 27.0 Å². The average Bonchev–Trinajstić information content (AvgIpc) is 3.50. The molecule has 4 aromatic rings. The number of carbonyl (C=O) groups is 2. The lowest BCUT2D eigenvalue weighted by Gasteiger charge is -2.22. The third-order valence-corrected chi connectivity index (χ3v) is 8.27. The lowest BCUT2D eigenvalue weighted by Crippen LogP contribution is -2.29. The number of hydrogen-bond donors (Lipinski definition) is 1. The van der Waals surface area contributed by atoms with E-state index in [1.807, 2.05) is 31.2 Å². The monoisotopic (exact) mass is 549 g/mol. The molecule has 1 unspecified atom stereocenters. The number of aliphatic hydroxyl groups excluding tert-OH is 1. The maximum Gasteiger partial charge on any atom is 0.301 e. The molecule has 5 rings (SSSR count). The summed E-state index contributed by atoms with van der Waals surface area (Å²) in [5.41, 5.74) is 2.68. The summed E-state index contributed by atoms with van der Waals surface area (Å²) in [6, 6.07) is 17.6. The van der Waals surface area contributed by atoms with Crippen LogP contribution in [0.2, 0.25) is 0 Å². The van der Waals surface area contributed by atoms with E-state index in [9.17, 15) is 23.5 Å². The number of amides is 1. The summed E-state index contributed by atoms with van der Waals surface area (Å²) in [6.07, 6.45) is 0.807. The highest BCUT2D eigenvalue weighted by Crippen LogP contribution is 2.44. The summed E-state index contributed by atoms with van der Waals surface area (Å²) < 4.78 is 27.3. The molecular formula is C28H21F2N3O3S2. The standard InChI is InChI=1S/C28H21F2N3O3S2/c1-2-16-3-7-18(8-4-16)23-22(24(34)19-9-13-21(30)14-10-19)25(35)26(36)33(23)27-31-32-28(38-27)37-15-17-5-11-20(29)12-6-17/h3-14,23,34H,2,15H2,1H3/b24-22-. The number of thioether (sulfide) groups is 1. The van der Waals surface area contributed by atoms with Gasteiger partial charge in [0.1, 0.15) is 17.4 Å². The van der Waals surface area contributed by atoms with Gasteiger partial charge in [-0.3, -0.25) is 14.5 Å². The summed E-state index contributed by atoms with van der Waals surface area (Å²) in [5.74, 6) is -2.41. The molecule has 0 spiro atoms. The summed E-state index contributed by atoms with van der Waals surface area (Å²) in [6.45, 7) is 2.02. The Labute approximate surface area is 225 Å². The first-order valence-corrected chi connectivity index (χ1v) is 13.5. The van der Waals surface area contributed by atoms with Crippen molar-refractivity contribution in [3.05, 3.63) is 112 Å². The molecule has 0 aliphatic carbocycles. The number of Topliss-reactive ketones (excluding diaryl/α,β-unsaturated/α-hetero) is 1. The Kier molecular flexibility index (Phi) is 7.35. The fourth-order valence-electron chi connectivity index (χ4n) is 4.13. The second-order valence-corrected chi connectivity index (χ2v) is 10.7. The van der Waals surface area contributed by atoms with Gasteiger partial charge < -0.3 is 5.11 Å². The van der Waals surface area contributed by atoms with Crippen molar-refractivity contribution in [2.45, 2.75) is 29.5 Å². The molecule has 6 nitrogen and oxygen atoms in total. The van der Waals surface area contributed by atoms with Gasteiger partial charge in [-0.15, -0.1) is 10.2 Å². The van der Waals surface area contributed by atoms with Crippen molar-refractivity contribution in [1.82, 2.24) is 10.2 Å². The van der Waals surface area contributed by atoms with Crippen LogP contribution in [0.1, 0.15) is 35.2 Å². The molecule has 1 fully saturated rings.